The minimum atomic E-state index is -3.52. The monoisotopic (exact) mass is 364 g/mol. The fourth-order valence-corrected chi connectivity index (χ4v) is 4.83. The van der Waals surface area contributed by atoms with Crippen LogP contribution in [0.5, 0.6) is 0 Å². The zero-order valence-electron chi connectivity index (χ0n) is 11.6. The van der Waals surface area contributed by atoms with E-state index in [4.69, 9.17) is 4.42 Å². The van der Waals surface area contributed by atoms with Gasteiger partial charge in [0.1, 0.15) is 10.7 Å². The second kappa shape index (κ2) is 7.06. The molecule has 114 valence electrons. The van der Waals surface area contributed by atoms with Crippen LogP contribution in [0.1, 0.15) is 44.3 Å². The molecule has 7 heteroatoms. The minimum Gasteiger partial charge on any atom is -0.452 e. The Labute approximate surface area is 128 Å². The van der Waals surface area contributed by atoms with Crippen molar-refractivity contribution in [3.63, 3.8) is 0 Å². The van der Waals surface area contributed by atoms with E-state index in [-0.39, 0.29) is 15.6 Å². The van der Waals surface area contributed by atoms with Crippen LogP contribution in [0.4, 0.5) is 0 Å². The van der Waals surface area contributed by atoms with Crippen molar-refractivity contribution < 1.29 is 12.8 Å². The van der Waals surface area contributed by atoms with Crippen molar-refractivity contribution in [2.75, 3.05) is 7.05 Å². The molecule has 0 aliphatic heterocycles. The number of rotatable bonds is 5. The van der Waals surface area contributed by atoms with Gasteiger partial charge in [-0.05, 0) is 35.8 Å². The molecular formula is C13H21BrN2O3S. The normalized spacial score (nSPS) is 18.1. The molecule has 0 radical (unpaired) electrons. The highest BCUT2D eigenvalue weighted by Crippen LogP contribution is 2.27. The average Bonchev–Trinajstić information content (AvgIpc) is 2.60. The molecule has 0 spiro atoms. The van der Waals surface area contributed by atoms with Crippen LogP contribution in [-0.4, -0.2) is 21.5 Å². The Morgan fingerprint density at radius 2 is 1.95 bits per heavy atom. The van der Waals surface area contributed by atoms with Gasteiger partial charge in [0.25, 0.3) is 0 Å². The molecule has 0 saturated heterocycles. The van der Waals surface area contributed by atoms with Gasteiger partial charge in [-0.1, -0.05) is 25.7 Å². The first kappa shape index (κ1) is 16.0. The van der Waals surface area contributed by atoms with E-state index in [9.17, 15) is 8.42 Å². The first-order chi connectivity index (χ1) is 9.53. The fourth-order valence-electron chi connectivity index (χ4n) is 2.52. The van der Waals surface area contributed by atoms with Crippen molar-refractivity contribution in [3.05, 3.63) is 16.5 Å². The van der Waals surface area contributed by atoms with Gasteiger partial charge in [0.05, 0.1) is 6.54 Å². The molecule has 1 heterocycles. The summed E-state index contributed by atoms with van der Waals surface area (Å²) in [6.45, 7) is 0.498. The summed E-state index contributed by atoms with van der Waals surface area (Å²) in [6.07, 6.45) is 6.39. The molecule has 5 nitrogen and oxygen atoms in total. The second-order valence-corrected chi connectivity index (χ2v) is 7.59. The number of furan rings is 1. The van der Waals surface area contributed by atoms with E-state index >= 15 is 0 Å². The zero-order chi connectivity index (χ0) is 14.6. The summed E-state index contributed by atoms with van der Waals surface area (Å²) in [7, 11) is -1.74. The Bertz CT molecular complexity index is 534. The molecule has 0 amide bonds. The van der Waals surface area contributed by atoms with Crippen molar-refractivity contribution in [2.45, 2.75) is 56.0 Å². The quantitative estimate of drug-likeness (QED) is 0.788. The van der Waals surface area contributed by atoms with Crippen LogP contribution < -0.4 is 10.0 Å². The van der Waals surface area contributed by atoms with Crippen LogP contribution in [0, 0.1) is 0 Å². The topological polar surface area (TPSA) is 71.3 Å². The third-order valence-electron chi connectivity index (χ3n) is 3.52. The van der Waals surface area contributed by atoms with Crippen LogP contribution in [0.25, 0.3) is 0 Å². The third kappa shape index (κ3) is 4.07. The zero-order valence-corrected chi connectivity index (χ0v) is 14.0. The van der Waals surface area contributed by atoms with Gasteiger partial charge < -0.3 is 9.73 Å². The third-order valence-corrected chi connectivity index (χ3v) is 5.90. The predicted octanol–water partition coefficient (Wildman–Crippen LogP) is 2.76. The van der Waals surface area contributed by atoms with E-state index in [0.29, 0.717) is 12.3 Å². The van der Waals surface area contributed by atoms with Crippen molar-refractivity contribution in [1.29, 1.82) is 0 Å². The van der Waals surface area contributed by atoms with Gasteiger partial charge in [0.15, 0.2) is 4.67 Å². The summed E-state index contributed by atoms with van der Waals surface area (Å²) >= 11 is 3.19. The lowest BCUT2D eigenvalue weighted by Crippen LogP contribution is -2.34. The number of nitrogens with one attached hydrogen (secondary N) is 2. The van der Waals surface area contributed by atoms with Gasteiger partial charge in [-0.2, -0.15) is 0 Å². The molecule has 1 aromatic rings. The van der Waals surface area contributed by atoms with Crippen LogP contribution >= 0.6 is 15.9 Å². The summed E-state index contributed by atoms with van der Waals surface area (Å²) < 4.78 is 33.3. The molecule has 1 fully saturated rings. The van der Waals surface area contributed by atoms with Gasteiger partial charge in [-0.15, -0.1) is 0 Å². The maximum absolute atomic E-state index is 12.4. The van der Waals surface area contributed by atoms with E-state index < -0.39 is 10.0 Å². The summed E-state index contributed by atoms with van der Waals surface area (Å²) in [4.78, 5) is 0.187. The Hall–Kier alpha value is -0.370. The molecule has 1 aromatic heterocycles. The van der Waals surface area contributed by atoms with Gasteiger partial charge in [-0.25, -0.2) is 13.1 Å². The number of halogens is 1. The second-order valence-electron chi connectivity index (χ2n) is 5.19. The standard InChI is InChI=1S/C13H21BrN2O3S/c1-15-9-11-8-12(13(14)19-11)20(17,18)16-10-6-4-2-3-5-7-10/h8,10,15-16H,2-7,9H2,1H3. The molecule has 1 saturated carbocycles. The molecule has 0 unspecified atom stereocenters. The van der Waals surface area contributed by atoms with Gasteiger partial charge >= 0.3 is 0 Å². The molecule has 0 atom stereocenters. The summed E-state index contributed by atoms with van der Waals surface area (Å²) in [5.74, 6) is 0.598. The van der Waals surface area contributed by atoms with E-state index in [1.807, 2.05) is 0 Å². The Balaban J connectivity index is 2.12. The van der Waals surface area contributed by atoms with Crippen LogP contribution in [0.3, 0.4) is 0 Å². The maximum Gasteiger partial charge on any atom is 0.245 e. The molecular weight excluding hydrogens is 344 g/mol. The smallest absolute Gasteiger partial charge is 0.245 e. The molecule has 2 rings (SSSR count). The lowest BCUT2D eigenvalue weighted by atomic mass is 10.1. The van der Waals surface area contributed by atoms with Crippen molar-refractivity contribution in [2.24, 2.45) is 0 Å². The number of sulfonamides is 1. The highest BCUT2D eigenvalue weighted by Gasteiger charge is 2.26. The SMILES string of the molecule is CNCc1cc(S(=O)(=O)NC2CCCCCC2)c(Br)o1. The molecule has 0 aromatic carbocycles. The van der Waals surface area contributed by atoms with Crippen molar-refractivity contribution >= 4 is 26.0 Å². The molecule has 0 bridgehead atoms. The highest BCUT2D eigenvalue weighted by molar-refractivity contribution is 9.10. The van der Waals surface area contributed by atoms with Crippen LogP contribution in [0.2, 0.25) is 0 Å². The van der Waals surface area contributed by atoms with E-state index in [1.54, 1.807) is 13.1 Å². The lowest BCUT2D eigenvalue weighted by Gasteiger charge is -2.15. The fraction of sp³-hybridized carbons (Fsp3) is 0.692. The van der Waals surface area contributed by atoms with Gasteiger partial charge in [0, 0.05) is 12.1 Å². The average molecular weight is 365 g/mol. The summed E-state index contributed by atoms with van der Waals surface area (Å²) in [5, 5.41) is 2.94. The van der Waals surface area contributed by atoms with E-state index in [2.05, 4.69) is 26.0 Å². The maximum atomic E-state index is 12.4. The van der Waals surface area contributed by atoms with E-state index in [1.165, 1.54) is 12.8 Å². The lowest BCUT2D eigenvalue weighted by molar-refractivity contribution is 0.468. The first-order valence-electron chi connectivity index (χ1n) is 6.98. The Morgan fingerprint density at radius 1 is 1.30 bits per heavy atom. The largest absolute Gasteiger partial charge is 0.452 e. The summed E-state index contributed by atoms with van der Waals surface area (Å²) in [5.41, 5.74) is 0. The predicted molar refractivity (Wildman–Crippen MR) is 81.0 cm³/mol. The Kier molecular flexibility index (Phi) is 5.65. The van der Waals surface area contributed by atoms with Gasteiger partial charge in [-0.3, -0.25) is 0 Å². The van der Waals surface area contributed by atoms with Crippen LogP contribution in [0.15, 0.2) is 20.0 Å². The van der Waals surface area contributed by atoms with Crippen molar-refractivity contribution in [3.8, 4) is 0 Å². The summed E-state index contributed by atoms with van der Waals surface area (Å²) in [6, 6.07) is 1.61. The van der Waals surface area contributed by atoms with Crippen LogP contribution in [-0.2, 0) is 16.6 Å². The van der Waals surface area contributed by atoms with E-state index in [0.717, 1.165) is 25.7 Å². The molecule has 1 aliphatic rings. The molecule has 20 heavy (non-hydrogen) atoms. The minimum absolute atomic E-state index is 0.0389. The first-order valence-corrected chi connectivity index (χ1v) is 9.25. The van der Waals surface area contributed by atoms with Gasteiger partial charge in [0.2, 0.25) is 10.0 Å². The van der Waals surface area contributed by atoms with Crippen molar-refractivity contribution in [1.82, 2.24) is 10.0 Å². The Morgan fingerprint density at radius 3 is 2.55 bits per heavy atom. The highest BCUT2D eigenvalue weighted by atomic mass is 79.9. The molecule has 2 N–H and O–H groups in total. The number of hydrogen-bond acceptors (Lipinski definition) is 4. The number of hydrogen-bond donors (Lipinski definition) is 2. The molecule has 1 aliphatic carbocycles.